The second kappa shape index (κ2) is 6.76. The highest BCUT2D eigenvalue weighted by atomic mass is 16.5. The Morgan fingerprint density at radius 2 is 2.33 bits per heavy atom. The van der Waals surface area contributed by atoms with Crippen LogP contribution in [0.1, 0.15) is 23.7 Å². The molecule has 116 valence electrons. The largest absolute Gasteiger partial charge is 0.481 e. The summed E-state index contributed by atoms with van der Waals surface area (Å²) in [5.41, 5.74) is 0.214. The van der Waals surface area contributed by atoms with E-state index in [-0.39, 0.29) is 5.56 Å². The number of carboxylic acid groups (broad SMARTS) is 1. The van der Waals surface area contributed by atoms with Crippen LogP contribution in [0.2, 0.25) is 0 Å². The first-order valence-corrected chi connectivity index (χ1v) is 7.26. The van der Waals surface area contributed by atoms with E-state index in [0.29, 0.717) is 17.6 Å². The number of hydrogen-bond donors (Lipinski definition) is 1. The second-order valence-corrected chi connectivity index (χ2v) is 5.52. The minimum atomic E-state index is -0.960. The van der Waals surface area contributed by atoms with Gasteiger partial charge >= 0.3 is 5.97 Å². The smallest absolute Gasteiger partial charge is 0.336 e. The maximum Gasteiger partial charge on any atom is 0.336 e. The number of methoxy groups -OCH3 is 1. The van der Waals surface area contributed by atoms with Crippen molar-refractivity contribution in [3.05, 3.63) is 17.7 Å². The molecule has 1 saturated heterocycles. The number of ether oxygens (including phenoxy) is 1. The van der Waals surface area contributed by atoms with Crippen molar-refractivity contribution in [3.63, 3.8) is 0 Å². The standard InChI is InChI=1S/C15H23N3O3/c1-4-17(2)9-11-5-6-18(10-11)13-7-12(15(19)20)8-14(16-13)21-3/h7-8,11H,4-6,9-10H2,1-3H3,(H,19,20). The molecule has 6 nitrogen and oxygen atoms in total. The molecular weight excluding hydrogens is 270 g/mol. The third-order valence-corrected chi connectivity index (χ3v) is 3.96. The number of aromatic carboxylic acids is 1. The maximum absolute atomic E-state index is 11.2. The quantitative estimate of drug-likeness (QED) is 0.859. The molecule has 0 radical (unpaired) electrons. The van der Waals surface area contributed by atoms with E-state index in [4.69, 9.17) is 9.84 Å². The summed E-state index contributed by atoms with van der Waals surface area (Å²) in [7, 11) is 3.62. The Morgan fingerprint density at radius 3 is 2.95 bits per heavy atom. The molecule has 0 spiro atoms. The minimum Gasteiger partial charge on any atom is -0.481 e. The van der Waals surface area contributed by atoms with E-state index in [1.165, 1.54) is 13.2 Å². The van der Waals surface area contributed by atoms with Crippen LogP contribution in [0.3, 0.4) is 0 Å². The van der Waals surface area contributed by atoms with E-state index < -0.39 is 5.97 Å². The van der Waals surface area contributed by atoms with E-state index in [1.807, 2.05) is 0 Å². The summed E-state index contributed by atoms with van der Waals surface area (Å²) in [6.45, 7) is 6.06. The lowest BCUT2D eigenvalue weighted by Crippen LogP contribution is -2.28. The zero-order chi connectivity index (χ0) is 15.4. The summed E-state index contributed by atoms with van der Waals surface area (Å²) in [5, 5.41) is 9.17. The van der Waals surface area contributed by atoms with Crippen molar-refractivity contribution in [1.82, 2.24) is 9.88 Å². The van der Waals surface area contributed by atoms with Gasteiger partial charge in [0.1, 0.15) is 5.82 Å². The van der Waals surface area contributed by atoms with Gasteiger partial charge in [0.25, 0.3) is 0 Å². The van der Waals surface area contributed by atoms with E-state index >= 15 is 0 Å². The fourth-order valence-electron chi connectivity index (χ4n) is 2.64. The van der Waals surface area contributed by atoms with Gasteiger partial charge in [0.15, 0.2) is 0 Å². The summed E-state index contributed by atoms with van der Waals surface area (Å²) in [5.74, 6) is 0.669. The number of carbonyl (C=O) groups is 1. The molecule has 0 saturated carbocycles. The van der Waals surface area contributed by atoms with Gasteiger partial charge in [-0.05, 0) is 32.0 Å². The molecule has 1 aliphatic heterocycles. The molecule has 0 amide bonds. The monoisotopic (exact) mass is 293 g/mol. The predicted octanol–water partition coefficient (Wildman–Crippen LogP) is 1.57. The highest BCUT2D eigenvalue weighted by molar-refractivity contribution is 5.89. The van der Waals surface area contributed by atoms with Crippen LogP contribution in [0.4, 0.5) is 5.82 Å². The first-order valence-electron chi connectivity index (χ1n) is 7.26. The van der Waals surface area contributed by atoms with Crippen molar-refractivity contribution in [2.24, 2.45) is 5.92 Å². The van der Waals surface area contributed by atoms with Gasteiger partial charge in [0, 0.05) is 25.7 Å². The first-order chi connectivity index (χ1) is 10.0. The van der Waals surface area contributed by atoms with Crippen molar-refractivity contribution < 1.29 is 14.6 Å². The second-order valence-electron chi connectivity index (χ2n) is 5.52. The van der Waals surface area contributed by atoms with Crippen LogP contribution in [0.25, 0.3) is 0 Å². The molecule has 21 heavy (non-hydrogen) atoms. The summed E-state index contributed by atoms with van der Waals surface area (Å²) in [6, 6.07) is 3.07. The van der Waals surface area contributed by atoms with Crippen molar-refractivity contribution in [2.45, 2.75) is 13.3 Å². The van der Waals surface area contributed by atoms with Crippen molar-refractivity contribution in [2.75, 3.05) is 45.2 Å². The van der Waals surface area contributed by atoms with Gasteiger partial charge in [-0.25, -0.2) is 4.79 Å². The lowest BCUT2D eigenvalue weighted by molar-refractivity contribution is 0.0696. The molecule has 2 rings (SSSR count). The average molecular weight is 293 g/mol. The Balaban J connectivity index is 2.12. The number of hydrogen-bond acceptors (Lipinski definition) is 5. The number of rotatable bonds is 6. The SMILES string of the molecule is CCN(C)CC1CCN(c2cc(C(=O)O)cc(OC)n2)C1. The van der Waals surface area contributed by atoms with Gasteiger partial charge in [-0.3, -0.25) is 0 Å². The molecule has 1 fully saturated rings. The molecule has 2 heterocycles. The molecule has 1 aromatic rings. The summed E-state index contributed by atoms with van der Waals surface area (Å²) < 4.78 is 5.10. The zero-order valence-electron chi connectivity index (χ0n) is 12.9. The van der Waals surface area contributed by atoms with Crippen LogP contribution in [0.15, 0.2) is 12.1 Å². The lowest BCUT2D eigenvalue weighted by Gasteiger charge is -2.21. The number of nitrogens with zero attached hydrogens (tertiary/aromatic N) is 3. The van der Waals surface area contributed by atoms with Gasteiger partial charge < -0.3 is 19.6 Å². The molecule has 0 aliphatic carbocycles. The van der Waals surface area contributed by atoms with Crippen molar-refractivity contribution >= 4 is 11.8 Å². The van der Waals surface area contributed by atoms with Crippen LogP contribution >= 0.6 is 0 Å². The third-order valence-electron chi connectivity index (χ3n) is 3.96. The molecule has 1 N–H and O–H groups in total. The minimum absolute atomic E-state index is 0.214. The molecule has 0 bridgehead atoms. The molecule has 6 heteroatoms. The Labute approximate surface area is 125 Å². The molecule has 1 atom stereocenters. The third kappa shape index (κ3) is 3.85. The van der Waals surface area contributed by atoms with Crippen LogP contribution in [-0.4, -0.2) is 61.3 Å². The Hall–Kier alpha value is -1.82. The van der Waals surface area contributed by atoms with E-state index in [2.05, 4.69) is 28.8 Å². The number of anilines is 1. The van der Waals surface area contributed by atoms with Gasteiger partial charge in [0.05, 0.1) is 12.7 Å². The summed E-state index contributed by atoms with van der Waals surface area (Å²) in [4.78, 5) is 20.0. The zero-order valence-corrected chi connectivity index (χ0v) is 12.9. The molecule has 1 aromatic heterocycles. The fourth-order valence-corrected chi connectivity index (χ4v) is 2.64. The molecule has 0 aromatic carbocycles. The molecule has 1 unspecified atom stereocenters. The lowest BCUT2D eigenvalue weighted by atomic mass is 10.1. The van der Waals surface area contributed by atoms with Gasteiger partial charge in [0.2, 0.25) is 5.88 Å². The predicted molar refractivity (Wildman–Crippen MR) is 81.2 cm³/mol. The van der Waals surface area contributed by atoms with Crippen LogP contribution < -0.4 is 9.64 Å². The highest BCUT2D eigenvalue weighted by Gasteiger charge is 2.25. The number of pyridine rings is 1. The van der Waals surface area contributed by atoms with Crippen LogP contribution in [-0.2, 0) is 0 Å². The summed E-state index contributed by atoms with van der Waals surface area (Å²) in [6.07, 6.45) is 1.10. The van der Waals surface area contributed by atoms with Crippen molar-refractivity contribution in [1.29, 1.82) is 0 Å². The van der Waals surface area contributed by atoms with Crippen molar-refractivity contribution in [3.8, 4) is 5.88 Å². The van der Waals surface area contributed by atoms with Crippen LogP contribution in [0, 0.1) is 5.92 Å². The topological polar surface area (TPSA) is 65.9 Å². The van der Waals surface area contributed by atoms with Gasteiger partial charge in [-0.1, -0.05) is 6.92 Å². The van der Waals surface area contributed by atoms with Gasteiger partial charge in [-0.15, -0.1) is 0 Å². The maximum atomic E-state index is 11.2. The highest BCUT2D eigenvalue weighted by Crippen LogP contribution is 2.26. The van der Waals surface area contributed by atoms with E-state index in [9.17, 15) is 4.79 Å². The Bertz CT molecular complexity index is 507. The van der Waals surface area contributed by atoms with Crippen LogP contribution in [0.5, 0.6) is 5.88 Å². The number of aromatic nitrogens is 1. The average Bonchev–Trinajstić information content (AvgIpc) is 2.94. The van der Waals surface area contributed by atoms with E-state index in [1.54, 1.807) is 6.07 Å². The Morgan fingerprint density at radius 1 is 1.57 bits per heavy atom. The van der Waals surface area contributed by atoms with E-state index in [0.717, 1.165) is 32.6 Å². The first kappa shape index (κ1) is 15.6. The normalized spacial score (nSPS) is 18.3. The fraction of sp³-hybridized carbons (Fsp3) is 0.600. The number of carboxylic acids is 1. The Kier molecular flexibility index (Phi) is 5.01. The van der Waals surface area contributed by atoms with Gasteiger partial charge in [-0.2, -0.15) is 4.98 Å². The molecule has 1 aliphatic rings. The summed E-state index contributed by atoms with van der Waals surface area (Å²) >= 11 is 0. The molecular formula is C15H23N3O3.